The van der Waals surface area contributed by atoms with Gasteiger partial charge in [-0.2, -0.15) is 0 Å². The maximum atomic E-state index is 12.3. The number of hydrogen-bond acceptors (Lipinski definition) is 5. The van der Waals surface area contributed by atoms with E-state index >= 15 is 0 Å². The number of carbonyl (C=O) groups is 2. The van der Waals surface area contributed by atoms with Crippen molar-refractivity contribution < 1.29 is 24.2 Å². The number of carbonyl (C=O) groups excluding carboxylic acids is 2. The smallest absolute Gasteiger partial charge is 0.306 e. The minimum atomic E-state index is -0.778. The second kappa shape index (κ2) is 59.4. The Morgan fingerprint density at radius 2 is 0.623 bits per heavy atom. The van der Waals surface area contributed by atoms with E-state index < -0.39 is 6.10 Å². The lowest BCUT2D eigenvalue weighted by Gasteiger charge is -2.15. The maximum Gasteiger partial charge on any atom is 0.306 e. The molecule has 0 heterocycles. The Morgan fingerprint density at radius 1 is 0.348 bits per heavy atom. The fraction of sp³-hybridized carbons (Fsp3) is 0.750. The van der Waals surface area contributed by atoms with Crippen molar-refractivity contribution in [2.45, 2.75) is 296 Å². The molecule has 0 amide bonds. The predicted octanol–water partition coefficient (Wildman–Crippen LogP) is 20.1. The van der Waals surface area contributed by atoms with Crippen molar-refractivity contribution in [1.29, 1.82) is 0 Å². The number of hydrogen-bond donors (Lipinski definition) is 1. The molecule has 0 saturated heterocycles. The lowest BCUT2D eigenvalue weighted by Crippen LogP contribution is -2.28. The van der Waals surface area contributed by atoms with Crippen LogP contribution in [0.3, 0.4) is 0 Å². The zero-order valence-electron chi connectivity index (χ0n) is 45.6. The number of unbranched alkanes of at least 4 members (excludes halogenated alkanes) is 32. The van der Waals surface area contributed by atoms with Gasteiger partial charge in [0.05, 0.1) is 6.61 Å². The largest absolute Gasteiger partial charge is 0.462 e. The quantitative estimate of drug-likeness (QED) is 0.0374. The molecule has 0 aromatic heterocycles. The average Bonchev–Trinajstić information content (AvgIpc) is 3.35. The Hall–Kier alpha value is -2.92. The van der Waals surface area contributed by atoms with Crippen LogP contribution in [0.2, 0.25) is 0 Å². The van der Waals surface area contributed by atoms with E-state index in [1.807, 2.05) is 0 Å². The first-order chi connectivity index (χ1) is 34.1. The summed E-state index contributed by atoms with van der Waals surface area (Å²) in [6.45, 7) is 3.99. The monoisotopic (exact) mass is 961 g/mol. The SMILES string of the molecule is CC/C=C\C/C=C\C/C=C\C/C=C\C/C=C\CCCCCCCCCCCCCCCCCCCCCCCCCCCC(=O)OC(CO)COC(=O)CCCCCCC/C=C\C/C=C\CCCC. The van der Waals surface area contributed by atoms with E-state index in [0.717, 1.165) is 83.5 Å². The third-order valence-corrected chi connectivity index (χ3v) is 12.9. The molecule has 5 nitrogen and oxygen atoms in total. The van der Waals surface area contributed by atoms with Crippen molar-refractivity contribution >= 4 is 11.9 Å². The first-order valence-electron chi connectivity index (χ1n) is 29.6. The fourth-order valence-electron chi connectivity index (χ4n) is 8.48. The minimum absolute atomic E-state index is 0.0720. The van der Waals surface area contributed by atoms with Crippen molar-refractivity contribution in [3.05, 3.63) is 85.1 Å². The van der Waals surface area contributed by atoms with Crippen LogP contribution in [-0.2, 0) is 19.1 Å². The molecule has 1 N–H and O–H groups in total. The average molecular weight is 962 g/mol. The molecule has 1 atom stereocenters. The van der Waals surface area contributed by atoms with E-state index in [1.165, 1.54) is 180 Å². The van der Waals surface area contributed by atoms with Gasteiger partial charge in [0.25, 0.3) is 0 Å². The Balaban J connectivity index is 3.40. The molecular formula is C64H112O5. The van der Waals surface area contributed by atoms with Crippen LogP contribution in [0.5, 0.6) is 0 Å². The third kappa shape index (κ3) is 57.5. The van der Waals surface area contributed by atoms with E-state index in [4.69, 9.17) is 9.47 Å². The Bertz CT molecular complexity index is 1270. The zero-order valence-corrected chi connectivity index (χ0v) is 45.6. The lowest BCUT2D eigenvalue weighted by atomic mass is 10.0. The molecule has 0 bridgehead atoms. The van der Waals surface area contributed by atoms with Gasteiger partial charge in [-0.1, -0.05) is 279 Å². The Morgan fingerprint density at radius 3 is 0.942 bits per heavy atom. The van der Waals surface area contributed by atoms with E-state index in [2.05, 4.69) is 98.9 Å². The summed E-state index contributed by atoms with van der Waals surface area (Å²) in [6, 6.07) is 0. The number of aliphatic hydroxyl groups is 1. The molecule has 0 radical (unpaired) electrons. The predicted molar refractivity (Wildman–Crippen MR) is 302 cm³/mol. The molecule has 0 fully saturated rings. The Labute approximate surface area is 428 Å². The van der Waals surface area contributed by atoms with Crippen LogP contribution in [0.1, 0.15) is 290 Å². The molecule has 0 aliphatic carbocycles. The molecule has 0 saturated carbocycles. The van der Waals surface area contributed by atoms with Crippen molar-refractivity contribution in [3.8, 4) is 0 Å². The van der Waals surface area contributed by atoms with Crippen LogP contribution >= 0.6 is 0 Å². The minimum Gasteiger partial charge on any atom is -0.462 e. The second-order valence-electron chi connectivity index (χ2n) is 19.7. The van der Waals surface area contributed by atoms with Gasteiger partial charge in [-0.15, -0.1) is 0 Å². The summed E-state index contributed by atoms with van der Waals surface area (Å²) in [6.07, 6.45) is 83.0. The highest BCUT2D eigenvalue weighted by atomic mass is 16.6. The van der Waals surface area contributed by atoms with Gasteiger partial charge in [0.2, 0.25) is 0 Å². The van der Waals surface area contributed by atoms with Gasteiger partial charge >= 0.3 is 11.9 Å². The fourth-order valence-corrected chi connectivity index (χ4v) is 8.48. The van der Waals surface area contributed by atoms with E-state index in [1.54, 1.807) is 0 Å². The van der Waals surface area contributed by atoms with E-state index in [-0.39, 0.29) is 25.2 Å². The highest BCUT2D eigenvalue weighted by Crippen LogP contribution is 2.17. The van der Waals surface area contributed by atoms with Crippen LogP contribution in [0.15, 0.2) is 85.1 Å². The van der Waals surface area contributed by atoms with Crippen LogP contribution in [-0.4, -0.2) is 36.4 Å². The highest BCUT2D eigenvalue weighted by molar-refractivity contribution is 5.70. The van der Waals surface area contributed by atoms with Gasteiger partial charge in [-0.3, -0.25) is 9.59 Å². The van der Waals surface area contributed by atoms with Crippen LogP contribution < -0.4 is 0 Å². The number of allylic oxidation sites excluding steroid dienone is 14. The standard InChI is InChI=1S/C64H112O5/c1-3-5-7-9-11-13-15-17-19-20-21-22-23-24-25-26-27-28-29-30-31-32-33-34-35-36-37-38-39-40-41-42-43-44-45-47-49-51-53-55-57-59-64(67)69-62(60-65)61-68-63(66)58-56-54-52-50-48-46-18-16-14-12-10-8-6-4-2/h5,7,10-13,16-19,21-22,24-25,62,65H,3-4,6,8-9,14-15,20,23,26-61H2,1-2H3/b7-5-,12-10-,13-11-,18-16-,19-17-,22-21-,25-24-. The molecule has 0 aromatic rings. The molecular weight excluding hydrogens is 849 g/mol. The molecule has 0 rings (SSSR count). The third-order valence-electron chi connectivity index (χ3n) is 12.9. The summed E-state index contributed by atoms with van der Waals surface area (Å²) in [5.41, 5.74) is 0. The molecule has 69 heavy (non-hydrogen) atoms. The molecule has 1 unspecified atom stereocenters. The molecule has 5 heteroatoms. The summed E-state index contributed by atoms with van der Waals surface area (Å²) >= 11 is 0. The topological polar surface area (TPSA) is 72.8 Å². The highest BCUT2D eigenvalue weighted by Gasteiger charge is 2.16. The van der Waals surface area contributed by atoms with E-state index in [9.17, 15) is 14.7 Å². The van der Waals surface area contributed by atoms with Crippen molar-refractivity contribution in [3.63, 3.8) is 0 Å². The number of rotatable bonds is 54. The molecule has 0 aromatic carbocycles. The van der Waals surface area contributed by atoms with Gasteiger partial charge in [0.15, 0.2) is 6.10 Å². The summed E-state index contributed by atoms with van der Waals surface area (Å²) in [7, 11) is 0. The van der Waals surface area contributed by atoms with Crippen LogP contribution in [0.4, 0.5) is 0 Å². The summed E-state index contributed by atoms with van der Waals surface area (Å²) in [4.78, 5) is 24.4. The molecule has 398 valence electrons. The normalized spacial score (nSPS) is 12.8. The maximum absolute atomic E-state index is 12.3. The lowest BCUT2D eigenvalue weighted by molar-refractivity contribution is -0.161. The summed E-state index contributed by atoms with van der Waals surface area (Å²) in [5.74, 6) is -0.598. The molecule has 0 aliphatic heterocycles. The second-order valence-corrected chi connectivity index (χ2v) is 19.7. The van der Waals surface area contributed by atoms with Gasteiger partial charge in [0.1, 0.15) is 6.61 Å². The van der Waals surface area contributed by atoms with Crippen molar-refractivity contribution in [2.24, 2.45) is 0 Å². The number of ether oxygens (including phenoxy) is 2. The number of aliphatic hydroxyl groups excluding tert-OH is 1. The van der Waals surface area contributed by atoms with Gasteiger partial charge in [-0.25, -0.2) is 0 Å². The summed E-state index contributed by atoms with van der Waals surface area (Å²) < 4.78 is 10.7. The first-order valence-corrected chi connectivity index (χ1v) is 29.6. The van der Waals surface area contributed by atoms with Crippen molar-refractivity contribution in [1.82, 2.24) is 0 Å². The van der Waals surface area contributed by atoms with Gasteiger partial charge < -0.3 is 14.6 Å². The van der Waals surface area contributed by atoms with E-state index in [0.29, 0.717) is 12.8 Å². The summed E-state index contributed by atoms with van der Waals surface area (Å²) in [5, 5.41) is 9.63. The molecule has 0 spiro atoms. The Kier molecular flexibility index (Phi) is 56.9. The van der Waals surface area contributed by atoms with Crippen molar-refractivity contribution in [2.75, 3.05) is 13.2 Å². The number of esters is 2. The van der Waals surface area contributed by atoms with Crippen LogP contribution in [0.25, 0.3) is 0 Å². The van der Waals surface area contributed by atoms with Gasteiger partial charge in [-0.05, 0) is 83.5 Å². The molecule has 0 aliphatic rings. The first kappa shape index (κ1) is 66.1. The zero-order chi connectivity index (χ0) is 49.9. The van der Waals surface area contributed by atoms with Crippen LogP contribution in [0, 0.1) is 0 Å². The van der Waals surface area contributed by atoms with Gasteiger partial charge in [0, 0.05) is 12.8 Å².